The number of nitrogens with zero attached hydrogens (tertiary/aromatic N) is 4. The van der Waals surface area contributed by atoms with E-state index in [0.717, 1.165) is 13.0 Å². The van der Waals surface area contributed by atoms with E-state index in [-0.39, 0.29) is 11.7 Å². The van der Waals surface area contributed by atoms with Gasteiger partial charge >= 0.3 is 5.97 Å². The van der Waals surface area contributed by atoms with Gasteiger partial charge in [-0.15, -0.1) is 0 Å². The number of aromatic nitrogens is 3. The first-order valence-electron chi connectivity index (χ1n) is 5.93. The number of carbonyl (C=O) groups is 1. The summed E-state index contributed by atoms with van der Waals surface area (Å²) in [5.41, 5.74) is 0. The van der Waals surface area contributed by atoms with Crippen molar-refractivity contribution in [2.45, 2.75) is 18.5 Å². The SMILES string of the molecule is CCCNc1nc(SCC(=O)OC)nc(N(C)C)n1. The van der Waals surface area contributed by atoms with Crippen LogP contribution in [0, 0.1) is 0 Å². The van der Waals surface area contributed by atoms with E-state index in [1.165, 1.54) is 18.9 Å². The molecule has 0 spiro atoms. The van der Waals surface area contributed by atoms with Gasteiger partial charge in [-0.25, -0.2) is 0 Å². The Morgan fingerprint density at radius 1 is 1.37 bits per heavy atom. The molecule has 0 bridgehead atoms. The van der Waals surface area contributed by atoms with Crippen LogP contribution in [0.25, 0.3) is 0 Å². The first-order chi connectivity index (χ1) is 9.06. The third-order valence-electron chi connectivity index (χ3n) is 2.08. The van der Waals surface area contributed by atoms with E-state index in [1.807, 2.05) is 14.1 Å². The fraction of sp³-hybridized carbons (Fsp3) is 0.636. The Hall–Kier alpha value is -1.57. The number of nitrogens with one attached hydrogen (secondary N) is 1. The third kappa shape index (κ3) is 5.29. The molecule has 19 heavy (non-hydrogen) atoms. The van der Waals surface area contributed by atoms with Crippen LogP contribution >= 0.6 is 11.8 Å². The summed E-state index contributed by atoms with van der Waals surface area (Å²) in [6, 6.07) is 0. The minimum atomic E-state index is -0.306. The van der Waals surface area contributed by atoms with E-state index < -0.39 is 0 Å². The van der Waals surface area contributed by atoms with Gasteiger partial charge in [-0.05, 0) is 6.42 Å². The molecule has 7 nitrogen and oxygen atoms in total. The van der Waals surface area contributed by atoms with E-state index in [9.17, 15) is 4.79 Å². The minimum Gasteiger partial charge on any atom is -0.468 e. The fourth-order valence-corrected chi connectivity index (χ4v) is 1.77. The number of carbonyl (C=O) groups excluding carboxylic acids is 1. The second kappa shape index (κ2) is 7.78. The number of hydrogen-bond donors (Lipinski definition) is 1. The zero-order valence-corrected chi connectivity index (χ0v) is 12.5. The van der Waals surface area contributed by atoms with Crippen LogP contribution in [0.3, 0.4) is 0 Å². The van der Waals surface area contributed by atoms with Crippen molar-refractivity contribution in [2.24, 2.45) is 0 Å². The van der Waals surface area contributed by atoms with Crippen molar-refractivity contribution in [3.05, 3.63) is 0 Å². The quantitative estimate of drug-likeness (QED) is 0.587. The molecule has 0 atom stereocenters. The Bertz CT molecular complexity index is 428. The molecule has 0 unspecified atom stereocenters. The molecule has 0 aliphatic carbocycles. The molecule has 0 amide bonds. The normalized spacial score (nSPS) is 10.1. The van der Waals surface area contributed by atoms with Gasteiger partial charge in [0.1, 0.15) is 0 Å². The van der Waals surface area contributed by atoms with Crippen LogP contribution in [0.1, 0.15) is 13.3 Å². The highest BCUT2D eigenvalue weighted by Gasteiger charge is 2.10. The van der Waals surface area contributed by atoms with Gasteiger partial charge in [-0.1, -0.05) is 18.7 Å². The highest BCUT2D eigenvalue weighted by atomic mass is 32.2. The van der Waals surface area contributed by atoms with E-state index >= 15 is 0 Å². The average molecular weight is 285 g/mol. The van der Waals surface area contributed by atoms with Gasteiger partial charge in [-0.2, -0.15) is 15.0 Å². The number of anilines is 2. The summed E-state index contributed by atoms with van der Waals surface area (Å²) in [5.74, 6) is 0.953. The second-order valence-corrected chi connectivity index (χ2v) is 4.87. The molecule has 0 saturated heterocycles. The van der Waals surface area contributed by atoms with Crippen molar-refractivity contribution >= 4 is 29.6 Å². The molecule has 1 N–H and O–H groups in total. The molecule has 8 heteroatoms. The first-order valence-corrected chi connectivity index (χ1v) is 6.92. The number of ether oxygens (including phenoxy) is 1. The highest BCUT2D eigenvalue weighted by Crippen LogP contribution is 2.17. The molecule has 106 valence electrons. The van der Waals surface area contributed by atoms with Crippen LogP contribution in [0.5, 0.6) is 0 Å². The molecule has 0 saturated carbocycles. The standard InChI is InChI=1S/C11H19N5O2S/c1-5-6-12-9-13-10(16(2)3)15-11(14-9)19-7-8(17)18-4/h5-7H2,1-4H3,(H,12,13,14,15). The van der Waals surface area contributed by atoms with Crippen LogP contribution in [0.4, 0.5) is 11.9 Å². The van der Waals surface area contributed by atoms with Gasteiger partial charge in [0.05, 0.1) is 12.9 Å². The van der Waals surface area contributed by atoms with Crippen molar-refractivity contribution in [2.75, 3.05) is 43.7 Å². The maximum absolute atomic E-state index is 11.1. The fourth-order valence-electron chi connectivity index (χ4n) is 1.11. The van der Waals surface area contributed by atoms with Crippen LogP contribution in [0.2, 0.25) is 0 Å². The molecule has 1 aromatic heterocycles. The Balaban J connectivity index is 2.83. The Morgan fingerprint density at radius 3 is 2.68 bits per heavy atom. The highest BCUT2D eigenvalue weighted by molar-refractivity contribution is 7.99. The van der Waals surface area contributed by atoms with Crippen LogP contribution in [0.15, 0.2) is 5.16 Å². The molecule has 0 radical (unpaired) electrons. The largest absolute Gasteiger partial charge is 0.468 e. The maximum Gasteiger partial charge on any atom is 0.316 e. The van der Waals surface area contributed by atoms with Crippen molar-refractivity contribution < 1.29 is 9.53 Å². The molecule has 0 aliphatic heterocycles. The lowest BCUT2D eigenvalue weighted by atomic mass is 10.5. The lowest BCUT2D eigenvalue weighted by molar-refractivity contribution is -0.137. The average Bonchev–Trinajstić information content (AvgIpc) is 2.42. The topological polar surface area (TPSA) is 80.2 Å². The second-order valence-electron chi connectivity index (χ2n) is 3.93. The molecule has 0 aromatic carbocycles. The van der Waals surface area contributed by atoms with Gasteiger partial charge in [0.25, 0.3) is 0 Å². The number of methoxy groups -OCH3 is 1. The monoisotopic (exact) mass is 285 g/mol. The molecular weight excluding hydrogens is 266 g/mol. The summed E-state index contributed by atoms with van der Waals surface area (Å²) < 4.78 is 4.59. The summed E-state index contributed by atoms with van der Waals surface area (Å²) in [4.78, 5) is 25.7. The van der Waals surface area contributed by atoms with Gasteiger partial charge in [0.2, 0.25) is 11.9 Å². The Labute approximate surface area is 117 Å². The summed E-state index contributed by atoms with van der Waals surface area (Å²) >= 11 is 1.23. The smallest absolute Gasteiger partial charge is 0.316 e. The minimum absolute atomic E-state index is 0.181. The Morgan fingerprint density at radius 2 is 2.11 bits per heavy atom. The predicted octanol–water partition coefficient (Wildman–Crippen LogP) is 1.02. The number of rotatable bonds is 7. The summed E-state index contributed by atoms with van der Waals surface area (Å²) in [7, 11) is 5.07. The number of thioether (sulfide) groups is 1. The van der Waals surface area contributed by atoms with E-state index in [0.29, 0.717) is 17.1 Å². The lowest BCUT2D eigenvalue weighted by Gasteiger charge is -2.12. The Kier molecular flexibility index (Phi) is 6.34. The molecule has 1 rings (SSSR count). The molecule has 1 aromatic rings. The van der Waals surface area contributed by atoms with Gasteiger partial charge in [-0.3, -0.25) is 4.79 Å². The van der Waals surface area contributed by atoms with Crippen LogP contribution in [-0.4, -0.2) is 54.4 Å². The molecular formula is C11H19N5O2S. The number of hydrogen-bond acceptors (Lipinski definition) is 8. The third-order valence-corrected chi connectivity index (χ3v) is 2.90. The van der Waals surface area contributed by atoms with E-state index in [1.54, 1.807) is 4.90 Å². The van der Waals surface area contributed by atoms with Crippen molar-refractivity contribution in [1.82, 2.24) is 15.0 Å². The maximum atomic E-state index is 11.1. The first kappa shape index (κ1) is 15.5. The summed E-state index contributed by atoms with van der Waals surface area (Å²) in [6.07, 6.45) is 0.980. The molecule has 0 fully saturated rings. The summed E-state index contributed by atoms with van der Waals surface area (Å²) in [6.45, 7) is 2.85. The number of esters is 1. The molecule has 0 aliphatic rings. The zero-order valence-electron chi connectivity index (χ0n) is 11.6. The van der Waals surface area contributed by atoms with Gasteiger partial charge in [0.15, 0.2) is 5.16 Å². The van der Waals surface area contributed by atoms with Crippen molar-refractivity contribution in [3.8, 4) is 0 Å². The van der Waals surface area contributed by atoms with Gasteiger partial charge in [0, 0.05) is 20.6 Å². The van der Waals surface area contributed by atoms with E-state index in [4.69, 9.17) is 0 Å². The van der Waals surface area contributed by atoms with Crippen molar-refractivity contribution in [3.63, 3.8) is 0 Å². The predicted molar refractivity (Wildman–Crippen MR) is 75.7 cm³/mol. The molecule has 1 heterocycles. The summed E-state index contributed by atoms with van der Waals surface area (Å²) in [5, 5.41) is 3.62. The zero-order chi connectivity index (χ0) is 14.3. The van der Waals surface area contributed by atoms with Crippen LogP contribution in [-0.2, 0) is 9.53 Å². The van der Waals surface area contributed by atoms with E-state index in [2.05, 4.69) is 31.9 Å². The van der Waals surface area contributed by atoms with Crippen molar-refractivity contribution in [1.29, 1.82) is 0 Å². The lowest BCUT2D eigenvalue weighted by Crippen LogP contribution is -2.16. The van der Waals surface area contributed by atoms with Crippen LogP contribution < -0.4 is 10.2 Å². The van der Waals surface area contributed by atoms with Gasteiger partial charge < -0.3 is 15.0 Å².